The minimum absolute atomic E-state index is 0.259. The third-order valence-electron chi connectivity index (χ3n) is 5.34. The molecule has 0 atom stereocenters. The second kappa shape index (κ2) is 6.54. The molecule has 7 nitrogen and oxygen atoms in total. The SMILES string of the molecule is Nc1nsc(N2CCN(S(=O)(=O)c3ccc4c(c3)Cc3ccccc3-4)CC2)n1. The van der Waals surface area contributed by atoms with Crippen molar-refractivity contribution in [3.05, 3.63) is 53.6 Å². The van der Waals surface area contributed by atoms with Gasteiger partial charge in [0.15, 0.2) is 0 Å². The first-order valence-electron chi connectivity index (χ1n) is 9.08. The quantitative estimate of drug-likeness (QED) is 0.554. The van der Waals surface area contributed by atoms with Crippen molar-refractivity contribution in [3.8, 4) is 11.1 Å². The van der Waals surface area contributed by atoms with Crippen LogP contribution in [0.2, 0.25) is 0 Å². The molecule has 0 unspecified atom stereocenters. The topological polar surface area (TPSA) is 92.4 Å². The van der Waals surface area contributed by atoms with Crippen LogP contribution in [0.15, 0.2) is 47.4 Å². The fourth-order valence-electron chi connectivity index (χ4n) is 3.91. The van der Waals surface area contributed by atoms with Crippen LogP contribution in [-0.2, 0) is 16.4 Å². The first kappa shape index (κ1) is 17.6. The van der Waals surface area contributed by atoms with Crippen molar-refractivity contribution in [3.63, 3.8) is 0 Å². The Morgan fingerprint density at radius 2 is 1.71 bits per heavy atom. The lowest BCUT2D eigenvalue weighted by Gasteiger charge is -2.33. The van der Waals surface area contributed by atoms with Gasteiger partial charge in [0.05, 0.1) is 4.90 Å². The summed E-state index contributed by atoms with van der Waals surface area (Å²) in [6.07, 6.45) is 0.779. The van der Waals surface area contributed by atoms with Crippen LogP contribution in [0.4, 0.5) is 11.1 Å². The molecule has 0 amide bonds. The highest BCUT2D eigenvalue weighted by Gasteiger charge is 2.30. The fraction of sp³-hybridized carbons (Fsp3) is 0.263. The summed E-state index contributed by atoms with van der Waals surface area (Å²) in [7, 11) is -3.52. The second-order valence-electron chi connectivity index (χ2n) is 6.98. The highest BCUT2D eigenvalue weighted by molar-refractivity contribution is 7.89. The van der Waals surface area contributed by atoms with Crippen molar-refractivity contribution in [2.24, 2.45) is 0 Å². The third-order valence-corrected chi connectivity index (χ3v) is 8.03. The summed E-state index contributed by atoms with van der Waals surface area (Å²) in [5, 5.41) is 0.741. The van der Waals surface area contributed by atoms with E-state index in [9.17, 15) is 8.42 Å². The number of hydrogen-bond donors (Lipinski definition) is 1. The van der Waals surface area contributed by atoms with E-state index in [2.05, 4.69) is 21.5 Å². The lowest BCUT2D eigenvalue weighted by molar-refractivity contribution is 0.385. The molecule has 0 spiro atoms. The van der Waals surface area contributed by atoms with Gasteiger partial charge in [-0.2, -0.15) is 13.7 Å². The van der Waals surface area contributed by atoms with Crippen LogP contribution >= 0.6 is 11.5 Å². The third kappa shape index (κ3) is 2.86. The zero-order chi connectivity index (χ0) is 19.3. The summed E-state index contributed by atoms with van der Waals surface area (Å²) >= 11 is 1.24. The van der Waals surface area contributed by atoms with Gasteiger partial charge in [0.1, 0.15) is 0 Å². The summed E-state index contributed by atoms with van der Waals surface area (Å²) in [5.74, 6) is 0.259. The molecule has 28 heavy (non-hydrogen) atoms. The van der Waals surface area contributed by atoms with Crippen molar-refractivity contribution in [1.29, 1.82) is 0 Å². The Kier molecular flexibility index (Phi) is 4.11. The van der Waals surface area contributed by atoms with Crippen LogP contribution in [0, 0.1) is 0 Å². The standard InChI is InChI=1S/C19H19N5O2S2/c20-18-21-19(27-22-18)23-7-9-24(10-8-23)28(25,26)15-5-6-17-14(12-15)11-13-3-1-2-4-16(13)17/h1-6,12H,7-11H2,(H2,20,22). The Bertz CT molecular complexity index is 1150. The molecule has 9 heteroatoms. The van der Waals surface area contributed by atoms with Crippen molar-refractivity contribution in [1.82, 2.24) is 13.7 Å². The summed E-state index contributed by atoms with van der Waals surface area (Å²) in [6, 6.07) is 13.7. The number of benzene rings is 2. The first-order chi connectivity index (χ1) is 13.5. The van der Waals surface area contributed by atoms with Gasteiger partial charge in [-0.1, -0.05) is 30.3 Å². The zero-order valence-corrected chi connectivity index (χ0v) is 16.7. The van der Waals surface area contributed by atoms with Gasteiger partial charge in [0.2, 0.25) is 21.1 Å². The van der Waals surface area contributed by atoms with Crippen LogP contribution < -0.4 is 10.6 Å². The Balaban J connectivity index is 1.36. The maximum absolute atomic E-state index is 13.2. The number of nitrogen functional groups attached to an aromatic ring is 1. The number of nitrogens with two attached hydrogens (primary N) is 1. The average molecular weight is 414 g/mol. The van der Waals surface area contributed by atoms with Gasteiger partial charge in [0, 0.05) is 37.7 Å². The molecule has 2 aromatic carbocycles. The molecule has 2 aliphatic rings. The molecule has 1 aromatic heterocycles. The van der Waals surface area contributed by atoms with E-state index in [1.54, 1.807) is 10.4 Å². The summed E-state index contributed by atoms with van der Waals surface area (Å²) in [6.45, 7) is 1.98. The molecule has 0 saturated carbocycles. The van der Waals surface area contributed by atoms with Crippen molar-refractivity contribution in [2.45, 2.75) is 11.3 Å². The number of aromatic nitrogens is 2. The summed E-state index contributed by atoms with van der Waals surface area (Å²) < 4.78 is 31.9. The Hall–Kier alpha value is -2.49. The summed E-state index contributed by atoms with van der Waals surface area (Å²) in [4.78, 5) is 6.58. The number of rotatable bonds is 3. The van der Waals surface area contributed by atoms with Crippen LogP contribution in [0.25, 0.3) is 11.1 Å². The van der Waals surface area contributed by atoms with E-state index >= 15 is 0 Å². The van der Waals surface area contributed by atoms with Crippen LogP contribution in [0.5, 0.6) is 0 Å². The average Bonchev–Trinajstić information content (AvgIpc) is 3.31. The predicted octanol–water partition coefficient (Wildman–Crippen LogP) is 2.20. The molecule has 1 saturated heterocycles. The van der Waals surface area contributed by atoms with E-state index in [0.717, 1.165) is 22.7 Å². The number of sulfonamides is 1. The maximum Gasteiger partial charge on any atom is 0.243 e. The molecule has 2 heterocycles. The minimum Gasteiger partial charge on any atom is -0.367 e. The number of piperazine rings is 1. The van der Waals surface area contributed by atoms with Gasteiger partial charge >= 0.3 is 0 Å². The second-order valence-corrected chi connectivity index (χ2v) is 9.65. The van der Waals surface area contributed by atoms with Gasteiger partial charge in [-0.05, 0) is 40.8 Å². The van der Waals surface area contributed by atoms with Gasteiger partial charge in [-0.3, -0.25) is 0 Å². The molecule has 1 fully saturated rings. The number of fused-ring (bicyclic) bond motifs is 3. The van der Waals surface area contributed by atoms with E-state index in [1.165, 1.54) is 22.7 Å². The van der Waals surface area contributed by atoms with Crippen molar-refractivity contribution in [2.75, 3.05) is 36.8 Å². The van der Waals surface area contributed by atoms with Gasteiger partial charge in [-0.15, -0.1) is 0 Å². The lowest BCUT2D eigenvalue weighted by atomic mass is 10.1. The Morgan fingerprint density at radius 1 is 0.964 bits per heavy atom. The number of hydrogen-bond acceptors (Lipinski definition) is 7. The summed E-state index contributed by atoms with van der Waals surface area (Å²) in [5.41, 5.74) is 10.2. The maximum atomic E-state index is 13.2. The van der Waals surface area contributed by atoms with E-state index in [4.69, 9.17) is 5.73 Å². The molecular formula is C19H19N5O2S2. The van der Waals surface area contributed by atoms with Gasteiger partial charge in [0.25, 0.3) is 0 Å². The number of anilines is 2. The normalized spacial score (nSPS) is 16.8. The van der Waals surface area contributed by atoms with E-state index < -0.39 is 10.0 Å². The first-order valence-corrected chi connectivity index (χ1v) is 11.3. The molecule has 1 aliphatic carbocycles. The van der Waals surface area contributed by atoms with Crippen molar-refractivity contribution < 1.29 is 8.42 Å². The van der Waals surface area contributed by atoms with Crippen molar-refractivity contribution >= 4 is 32.6 Å². The lowest BCUT2D eigenvalue weighted by Crippen LogP contribution is -2.48. The zero-order valence-electron chi connectivity index (χ0n) is 15.1. The molecule has 1 aliphatic heterocycles. The smallest absolute Gasteiger partial charge is 0.243 e. The monoisotopic (exact) mass is 413 g/mol. The highest BCUT2D eigenvalue weighted by atomic mass is 32.2. The Morgan fingerprint density at radius 3 is 2.46 bits per heavy atom. The number of nitrogens with zero attached hydrogens (tertiary/aromatic N) is 4. The molecule has 0 bridgehead atoms. The molecule has 3 aromatic rings. The van der Waals surface area contributed by atoms with E-state index in [1.807, 2.05) is 29.2 Å². The van der Waals surface area contributed by atoms with E-state index in [-0.39, 0.29) is 5.95 Å². The van der Waals surface area contributed by atoms with E-state index in [0.29, 0.717) is 31.1 Å². The molecular weight excluding hydrogens is 394 g/mol. The van der Waals surface area contributed by atoms with Gasteiger partial charge < -0.3 is 10.6 Å². The molecule has 0 radical (unpaired) electrons. The van der Waals surface area contributed by atoms with Crippen LogP contribution in [0.1, 0.15) is 11.1 Å². The van der Waals surface area contributed by atoms with Crippen LogP contribution in [0.3, 0.4) is 0 Å². The molecule has 5 rings (SSSR count). The van der Waals surface area contributed by atoms with Crippen LogP contribution in [-0.4, -0.2) is 48.3 Å². The minimum atomic E-state index is -3.52. The molecule has 2 N–H and O–H groups in total. The Labute approximate surface area is 167 Å². The largest absolute Gasteiger partial charge is 0.367 e. The predicted molar refractivity (Wildman–Crippen MR) is 110 cm³/mol. The molecule has 144 valence electrons. The fourth-order valence-corrected chi connectivity index (χ4v) is 6.03. The van der Waals surface area contributed by atoms with Gasteiger partial charge in [-0.25, -0.2) is 8.42 Å². The highest BCUT2D eigenvalue weighted by Crippen LogP contribution is 2.37.